The van der Waals surface area contributed by atoms with Gasteiger partial charge in [-0.1, -0.05) is 35.4 Å². The quantitative estimate of drug-likeness (QED) is 0.629. The molecule has 0 spiro atoms. The average Bonchev–Trinajstić information content (AvgIpc) is 2.41. The number of hydrogen-bond acceptors (Lipinski definition) is 2. The Balaban J connectivity index is 1.74. The Morgan fingerprint density at radius 2 is 1.10 bits per heavy atom. The molecule has 2 aromatic rings. The van der Waals surface area contributed by atoms with Gasteiger partial charge in [0.25, 0.3) is 0 Å². The molecule has 1 saturated carbocycles. The van der Waals surface area contributed by atoms with Gasteiger partial charge in [0.1, 0.15) is 0 Å². The van der Waals surface area contributed by atoms with Crippen molar-refractivity contribution in [2.45, 2.75) is 47.0 Å². The van der Waals surface area contributed by atoms with Crippen LogP contribution < -0.4 is 0 Å². The first kappa shape index (κ1) is 14.1. The van der Waals surface area contributed by atoms with E-state index in [4.69, 9.17) is 0 Å². The van der Waals surface area contributed by atoms with Crippen LogP contribution in [-0.4, -0.2) is 4.08 Å². The standard InChI is InChI=1S/C18H20S2/c1-14-4-8-16(9-5-14)19-18(12-3-13-18)20-17-10-6-15(2)7-11-17/h4-11H,3,12-13H2,1-2H3. The maximum atomic E-state index is 2.26. The van der Waals surface area contributed by atoms with Crippen LogP contribution in [0.15, 0.2) is 58.3 Å². The van der Waals surface area contributed by atoms with Gasteiger partial charge in [-0.2, -0.15) is 0 Å². The van der Waals surface area contributed by atoms with E-state index in [0.717, 1.165) is 0 Å². The Labute approximate surface area is 130 Å². The van der Waals surface area contributed by atoms with Crippen molar-refractivity contribution in [3.63, 3.8) is 0 Å². The van der Waals surface area contributed by atoms with E-state index < -0.39 is 0 Å². The van der Waals surface area contributed by atoms with Crippen LogP contribution in [0.5, 0.6) is 0 Å². The second-order valence-electron chi connectivity index (χ2n) is 5.59. The first-order valence-electron chi connectivity index (χ1n) is 7.17. The van der Waals surface area contributed by atoms with Gasteiger partial charge in [-0.15, -0.1) is 23.5 Å². The van der Waals surface area contributed by atoms with Crippen molar-refractivity contribution in [1.29, 1.82) is 0 Å². The lowest BCUT2D eigenvalue weighted by atomic mass is 9.99. The molecule has 0 amide bonds. The topological polar surface area (TPSA) is 0 Å². The fraction of sp³-hybridized carbons (Fsp3) is 0.333. The van der Waals surface area contributed by atoms with Gasteiger partial charge in [-0.05, 0) is 57.4 Å². The zero-order chi connectivity index (χ0) is 14.0. The molecule has 0 radical (unpaired) electrons. The number of benzene rings is 2. The summed E-state index contributed by atoms with van der Waals surface area (Å²) in [5.41, 5.74) is 2.67. The molecule has 0 aliphatic heterocycles. The Kier molecular flexibility index (Phi) is 4.13. The minimum absolute atomic E-state index is 0.352. The monoisotopic (exact) mass is 300 g/mol. The Morgan fingerprint density at radius 1 is 0.700 bits per heavy atom. The molecule has 1 aliphatic carbocycles. The van der Waals surface area contributed by atoms with Gasteiger partial charge >= 0.3 is 0 Å². The summed E-state index contributed by atoms with van der Waals surface area (Å²) in [6.07, 6.45) is 3.98. The fourth-order valence-corrected chi connectivity index (χ4v) is 5.47. The van der Waals surface area contributed by atoms with Crippen molar-refractivity contribution in [2.75, 3.05) is 0 Å². The molecule has 0 N–H and O–H groups in total. The van der Waals surface area contributed by atoms with Crippen LogP contribution in [0.1, 0.15) is 30.4 Å². The maximum absolute atomic E-state index is 2.26. The van der Waals surface area contributed by atoms with Gasteiger partial charge in [0, 0.05) is 9.79 Å². The summed E-state index contributed by atoms with van der Waals surface area (Å²) in [5, 5.41) is 0. The normalized spacial score (nSPS) is 16.7. The summed E-state index contributed by atoms with van der Waals surface area (Å²) in [4.78, 5) is 2.80. The first-order valence-corrected chi connectivity index (χ1v) is 8.80. The largest absolute Gasteiger partial charge is 0.108 e. The second kappa shape index (κ2) is 5.87. The van der Waals surface area contributed by atoms with Gasteiger partial charge in [0.05, 0.1) is 4.08 Å². The van der Waals surface area contributed by atoms with Crippen molar-refractivity contribution < 1.29 is 0 Å². The zero-order valence-corrected chi connectivity index (χ0v) is 13.7. The van der Waals surface area contributed by atoms with E-state index >= 15 is 0 Å². The molecule has 2 heteroatoms. The minimum Gasteiger partial charge on any atom is -0.108 e. The van der Waals surface area contributed by atoms with Crippen LogP contribution >= 0.6 is 23.5 Å². The summed E-state index contributed by atoms with van der Waals surface area (Å²) in [5.74, 6) is 0. The molecule has 1 fully saturated rings. The third kappa shape index (κ3) is 3.24. The molecule has 0 atom stereocenters. The van der Waals surface area contributed by atoms with Crippen LogP contribution in [0, 0.1) is 13.8 Å². The van der Waals surface area contributed by atoms with Crippen LogP contribution in [0.2, 0.25) is 0 Å². The van der Waals surface area contributed by atoms with Crippen LogP contribution in [0.4, 0.5) is 0 Å². The fourth-order valence-electron chi connectivity index (χ4n) is 2.33. The molecule has 20 heavy (non-hydrogen) atoms. The Hall–Kier alpha value is -0.860. The van der Waals surface area contributed by atoms with E-state index in [0.29, 0.717) is 4.08 Å². The van der Waals surface area contributed by atoms with Gasteiger partial charge in [-0.25, -0.2) is 0 Å². The molecular formula is C18H20S2. The number of hydrogen-bond donors (Lipinski definition) is 0. The van der Waals surface area contributed by atoms with Crippen molar-refractivity contribution in [3.8, 4) is 0 Å². The first-order chi connectivity index (χ1) is 9.65. The van der Waals surface area contributed by atoms with Gasteiger partial charge < -0.3 is 0 Å². The SMILES string of the molecule is Cc1ccc(SC2(Sc3ccc(C)cc3)CCC2)cc1. The molecule has 0 nitrogen and oxygen atoms in total. The molecule has 0 heterocycles. The molecule has 0 saturated heterocycles. The van der Waals surface area contributed by atoms with E-state index in [-0.39, 0.29) is 0 Å². The van der Waals surface area contributed by atoms with Crippen LogP contribution in [-0.2, 0) is 0 Å². The second-order valence-corrected chi connectivity index (χ2v) is 8.77. The molecule has 3 rings (SSSR count). The summed E-state index contributed by atoms with van der Waals surface area (Å²) in [6, 6.07) is 17.9. The molecule has 0 aromatic heterocycles. The lowest BCUT2D eigenvalue weighted by Gasteiger charge is -2.40. The van der Waals surface area contributed by atoms with E-state index in [1.807, 2.05) is 23.5 Å². The van der Waals surface area contributed by atoms with E-state index in [9.17, 15) is 0 Å². The highest BCUT2D eigenvalue weighted by Gasteiger charge is 2.39. The zero-order valence-electron chi connectivity index (χ0n) is 12.1. The highest BCUT2D eigenvalue weighted by atomic mass is 32.2. The number of aryl methyl sites for hydroxylation is 2. The third-order valence-electron chi connectivity index (χ3n) is 3.77. The summed E-state index contributed by atoms with van der Waals surface area (Å²) < 4.78 is 0.352. The van der Waals surface area contributed by atoms with E-state index in [1.165, 1.54) is 40.2 Å². The van der Waals surface area contributed by atoms with Crippen LogP contribution in [0.3, 0.4) is 0 Å². The highest BCUT2D eigenvalue weighted by molar-refractivity contribution is 8.18. The molecule has 1 aliphatic rings. The molecule has 2 aromatic carbocycles. The van der Waals surface area contributed by atoms with Crippen molar-refractivity contribution in [3.05, 3.63) is 59.7 Å². The summed E-state index contributed by atoms with van der Waals surface area (Å²) in [6.45, 7) is 4.29. The number of thioether (sulfide) groups is 2. The van der Waals surface area contributed by atoms with Crippen molar-refractivity contribution in [1.82, 2.24) is 0 Å². The lowest BCUT2D eigenvalue weighted by Crippen LogP contribution is -2.29. The molecule has 0 bridgehead atoms. The smallest absolute Gasteiger partial charge is 0.0705 e. The Bertz CT molecular complexity index is 516. The third-order valence-corrected chi connectivity index (χ3v) is 6.84. The van der Waals surface area contributed by atoms with Gasteiger partial charge in [0.15, 0.2) is 0 Å². The lowest BCUT2D eigenvalue weighted by molar-refractivity contribution is 0.484. The van der Waals surface area contributed by atoms with E-state index in [2.05, 4.69) is 62.4 Å². The van der Waals surface area contributed by atoms with E-state index in [1.54, 1.807) is 0 Å². The predicted octanol–water partition coefficient (Wildman–Crippen LogP) is 6.07. The summed E-state index contributed by atoms with van der Waals surface area (Å²) >= 11 is 4.10. The van der Waals surface area contributed by atoms with Crippen molar-refractivity contribution >= 4 is 23.5 Å². The molecular weight excluding hydrogens is 280 g/mol. The molecule has 0 unspecified atom stereocenters. The van der Waals surface area contributed by atoms with Gasteiger partial charge in [0.2, 0.25) is 0 Å². The highest BCUT2D eigenvalue weighted by Crippen LogP contribution is 2.57. The summed E-state index contributed by atoms with van der Waals surface area (Å²) in [7, 11) is 0. The minimum atomic E-state index is 0.352. The Morgan fingerprint density at radius 3 is 1.40 bits per heavy atom. The average molecular weight is 300 g/mol. The predicted molar refractivity (Wildman–Crippen MR) is 90.7 cm³/mol. The van der Waals surface area contributed by atoms with Crippen LogP contribution in [0.25, 0.3) is 0 Å². The molecule has 104 valence electrons. The number of rotatable bonds is 4. The maximum Gasteiger partial charge on any atom is 0.0705 e. The van der Waals surface area contributed by atoms with Crippen molar-refractivity contribution in [2.24, 2.45) is 0 Å². The van der Waals surface area contributed by atoms with Gasteiger partial charge in [-0.3, -0.25) is 0 Å².